The highest BCUT2D eigenvalue weighted by Gasteiger charge is 2.03. The summed E-state index contributed by atoms with van der Waals surface area (Å²) in [7, 11) is 3.56. The smallest absolute Gasteiger partial charge is 0.191 e. The minimum Gasteiger partial charge on any atom is -0.352 e. The largest absolute Gasteiger partial charge is 0.352 e. The Hall–Kier alpha value is -2.15. The van der Waals surface area contributed by atoms with Crippen LogP contribution in [0.3, 0.4) is 0 Å². The molecule has 0 unspecified atom stereocenters. The van der Waals surface area contributed by atoms with Gasteiger partial charge in [-0.15, -0.1) is 0 Å². The van der Waals surface area contributed by atoms with Gasteiger partial charge in [0.2, 0.25) is 0 Å². The van der Waals surface area contributed by atoms with Crippen LogP contribution < -0.4 is 10.6 Å². The minimum absolute atomic E-state index is 0.485. The van der Waals surface area contributed by atoms with Crippen LogP contribution in [-0.2, 0) is 20.1 Å². The highest BCUT2D eigenvalue weighted by atomic mass is 35.5. The van der Waals surface area contributed by atoms with E-state index in [4.69, 9.17) is 11.6 Å². The van der Waals surface area contributed by atoms with Crippen LogP contribution in [0, 0.1) is 0 Å². The second kappa shape index (κ2) is 6.85. The van der Waals surface area contributed by atoms with E-state index in [9.17, 15) is 0 Å². The van der Waals surface area contributed by atoms with E-state index in [0.717, 1.165) is 11.4 Å². The van der Waals surface area contributed by atoms with Gasteiger partial charge in [0, 0.05) is 26.8 Å². The van der Waals surface area contributed by atoms with Crippen molar-refractivity contribution in [3.8, 4) is 0 Å². The molecule has 0 atom stereocenters. The Labute approximate surface area is 122 Å². The van der Waals surface area contributed by atoms with Crippen LogP contribution >= 0.6 is 11.6 Å². The molecule has 106 valence electrons. The van der Waals surface area contributed by atoms with Gasteiger partial charge in [-0.05, 0) is 11.6 Å². The number of nitrogens with zero attached hydrogens (tertiary/aromatic N) is 5. The van der Waals surface area contributed by atoms with Crippen LogP contribution in [0.1, 0.15) is 11.4 Å². The van der Waals surface area contributed by atoms with Gasteiger partial charge < -0.3 is 10.6 Å². The maximum atomic E-state index is 5.74. The van der Waals surface area contributed by atoms with Crippen LogP contribution in [0.25, 0.3) is 0 Å². The second-order valence-corrected chi connectivity index (χ2v) is 4.46. The van der Waals surface area contributed by atoms with E-state index < -0.39 is 0 Å². The molecule has 0 radical (unpaired) electrons. The van der Waals surface area contributed by atoms with Crippen molar-refractivity contribution in [1.29, 1.82) is 0 Å². The molecule has 20 heavy (non-hydrogen) atoms. The number of aliphatic imine (C=N–C) groups is 1. The SMILES string of the molecule is CN=C(NCc1ccc(Cl)nc1)NCc1ncnn1C. The average molecular weight is 294 g/mol. The molecule has 2 rings (SSSR count). The molecule has 0 aliphatic rings. The summed E-state index contributed by atoms with van der Waals surface area (Å²) < 4.78 is 1.71. The number of hydrogen-bond acceptors (Lipinski definition) is 4. The van der Waals surface area contributed by atoms with Gasteiger partial charge in [0.15, 0.2) is 5.96 Å². The average Bonchev–Trinajstić information content (AvgIpc) is 2.86. The summed E-state index contributed by atoms with van der Waals surface area (Å²) in [6.07, 6.45) is 3.25. The maximum Gasteiger partial charge on any atom is 0.191 e. The van der Waals surface area contributed by atoms with E-state index in [1.165, 1.54) is 6.33 Å². The summed E-state index contributed by atoms with van der Waals surface area (Å²) in [5.74, 6) is 1.52. The van der Waals surface area contributed by atoms with Crippen LogP contribution in [-0.4, -0.2) is 32.8 Å². The number of halogens is 1. The molecular weight excluding hydrogens is 278 g/mol. The Bertz CT molecular complexity index is 576. The molecule has 2 aromatic rings. The van der Waals surface area contributed by atoms with Gasteiger partial charge in [-0.3, -0.25) is 9.67 Å². The van der Waals surface area contributed by atoms with Crippen LogP contribution in [0.5, 0.6) is 0 Å². The standard InChI is InChI=1S/C12H16ClN7/c1-14-12(17-7-11-18-8-19-20(11)2)16-6-9-3-4-10(13)15-5-9/h3-5,8H,6-7H2,1-2H3,(H2,14,16,17). The van der Waals surface area contributed by atoms with Crippen molar-refractivity contribution in [2.24, 2.45) is 12.0 Å². The first-order valence-corrected chi connectivity index (χ1v) is 6.44. The van der Waals surface area contributed by atoms with E-state index in [2.05, 4.69) is 30.7 Å². The van der Waals surface area contributed by atoms with Crippen molar-refractivity contribution in [1.82, 2.24) is 30.4 Å². The fraction of sp³-hybridized carbons (Fsp3) is 0.333. The number of hydrogen-bond donors (Lipinski definition) is 2. The van der Waals surface area contributed by atoms with E-state index in [1.54, 1.807) is 24.0 Å². The monoisotopic (exact) mass is 293 g/mol. The highest BCUT2D eigenvalue weighted by Crippen LogP contribution is 2.04. The number of rotatable bonds is 4. The van der Waals surface area contributed by atoms with Crippen molar-refractivity contribution in [2.75, 3.05) is 7.05 Å². The lowest BCUT2D eigenvalue weighted by Crippen LogP contribution is -2.36. The molecule has 0 amide bonds. The lowest BCUT2D eigenvalue weighted by Gasteiger charge is -2.11. The number of nitrogens with one attached hydrogen (secondary N) is 2. The fourth-order valence-corrected chi connectivity index (χ4v) is 1.67. The van der Waals surface area contributed by atoms with E-state index in [0.29, 0.717) is 24.2 Å². The molecule has 0 fully saturated rings. The Morgan fingerprint density at radius 3 is 2.70 bits per heavy atom. The van der Waals surface area contributed by atoms with Crippen molar-refractivity contribution in [3.63, 3.8) is 0 Å². The maximum absolute atomic E-state index is 5.74. The summed E-state index contributed by atoms with van der Waals surface area (Å²) in [6.45, 7) is 1.16. The highest BCUT2D eigenvalue weighted by molar-refractivity contribution is 6.29. The number of guanidine groups is 1. The molecule has 0 aromatic carbocycles. The summed E-state index contributed by atoms with van der Waals surface area (Å²) in [4.78, 5) is 12.3. The van der Waals surface area contributed by atoms with Gasteiger partial charge >= 0.3 is 0 Å². The fourth-order valence-electron chi connectivity index (χ4n) is 1.56. The first-order chi connectivity index (χ1) is 9.69. The van der Waals surface area contributed by atoms with Crippen LogP contribution in [0.4, 0.5) is 0 Å². The molecule has 0 saturated carbocycles. The molecular formula is C12H16ClN7. The van der Waals surface area contributed by atoms with E-state index in [1.807, 2.05) is 13.1 Å². The summed E-state index contributed by atoms with van der Waals surface area (Å²) in [5, 5.41) is 10.8. The van der Waals surface area contributed by atoms with Gasteiger partial charge in [-0.1, -0.05) is 17.7 Å². The molecule has 0 saturated heterocycles. The summed E-state index contributed by atoms with van der Waals surface area (Å²) >= 11 is 5.74. The third kappa shape index (κ3) is 3.92. The number of pyridine rings is 1. The van der Waals surface area contributed by atoms with Crippen molar-refractivity contribution < 1.29 is 0 Å². The van der Waals surface area contributed by atoms with Gasteiger partial charge in [0.1, 0.15) is 17.3 Å². The van der Waals surface area contributed by atoms with Crippen molar-refractivity contribution >= 4 is 17.6 Å². The molecule has 0 bridgehead atoms. The third-order valence-corrected chi connectivity index (χ3v) is 2.91. The summed E-state index contributed by atoms with van der Waals surface area (Å²) in [6, 6.07) is 3.67. The zero-order valence-electron chi connectivity index (χ0n) is 11.3. The Kier molecular flexibility index (Phi) is 4.89. The van der Waals surface area contributed by atoms with E-state index in [-0.39, 0.29) is 0 Å². The van der Waals surface area contributed by atoms with Crippen molar-refractivity contribution in [3.05, 3.63) is 41.2 Å². The summed E-state index contributed by atoms with van der Waals surface area (Å²) in [5.41, 5.74) is 1.02. The third-order valence-electron chi connectivity index (χ3n) is 2.69. The molecule has 0 aliphatic carbocycles. The first-order valence-electron chi connectivity index (χ1n) is 6.07. The quantitative estimate of drug-likeness (QED) is 0.493. The lowest BCUT2D eigenvalue weighted by atomic mass is 10.3. The van der Waals surface area contributed by atoms with Crippen LogP contribution in [0.15, 0.2) is 29.6 Å². The predicted molar refractivity (Wildman–Crippen MR) is 77.3 cm³/mol. The molecule has 2 heterocycles. The van der Waals surface area contributed by atoms with Gasteiger partial charge in [0.05, 0.1) is 6.54 Å². The molecule has 2 N–H and O–H groups in total. The normalized spacial score (nSPS) is 11.4. The van der Waals surface area contributed by atoms with Gasteiger partial charge in [-0.2, -0.15) is 5.10 Å². The molecule has 0 spiro atoms. The molecule has 7 nitrogen and oxygen atoms in total. The Morgan fingerprint density at radius 1 is 1.30 bits per heavy atom. The minimum atomic E-state index is 0.485. The van der Waals surface area contributed by atoms with Gasteiger partial charge in [-0.25, -0.2) is 9.97 Å². The molecule has 2 aromatic heterocycles. The molecule has 0 aliphatic heterocycles. The zero-order valence-corrected chi connectivity index (χ0v) is 12.1. The van der Waals surface area contributed by atoms with Crippen molar-refractivity contribution in [2.45, 2.75) is 13.1 Å². The van der Waals surface area contributed by atoms with Crippen LogP contribution in [0.2, 0.25) is 5.15 Å². The molecule has 8 heteroatoms. The Morgan fingerprint density at radius 2 is 2.10 bits per heavy atom. The van der Waals surface area contributed by atoms with E-state index >= 15 is 0 Å². The zero-order chi connectivity index (χ0) is 14.4. The van der Waals surface area contributed by atoms with Gasteiger partial charge in [0.25, 0.3) is 0 Å². The lowest BCUT2D eigenvalue weighted by molar-refractivity contribution is 0.672. The number of aromatic nitrogens is 4. The Balaban J connectivity index is 1.84. The number of aryl methyl sites for hydroxylation is 1. The topological polar surface area (TPSA) is 80.0 Å². The predicted octanol–water partition coefficient (Wildman–Crippen LogP) is 0.729. The first kappa shape index (κ1) is 14.3. The second-order valence-electron chi connectivity index (χ2n) is 4.07.